The van der Waals surface area contributed by atoms with E-state index in [9.17, 15) is 19.8 Å². The van der Waals surface area contributed by atoms with E-state index >= 15 is 0 Å². The molecule has 0 bridgehead atoms. The Morgan fingerprint density at radius 2 is 2.10 bits per heavy atom. The Bertz CT molecular complexity index is 363. The maximum atomic E-state index is 12.4. The summed E-state index contributed by atoms with van der Waals surface area (Å²) in [6.07, 6.45) is 1.25. The molecule has 7 nitrogen and oxygen atoms in total. The number of methoxy groups -OCH3 is 1. The molecular weight excluding hydrogens is 264 g/mol. The average Bonchev–Trinajstić information content (AvgIpc) is 2.38. The molecule has 2 atom stereocenters. The quantitative estimate of drug-likeness (QED) is 0.763. The van der Waals surface area contributed by atoms with Crippen LogP contribution in [0.15, 0.2) is 0 Å². The fourth-order valence-corrected chi connectivity index (χ4v) is 2.50. The number of hydrogen-bond acceptors (Lipinski definition) is 4. The number of carboxylic acids is 1. The smallest absolute Gasteiger partial charge is 0.329 e. The van der Waals surface area contributed by atoms with Gasteiger partial charge in [-0.15, -0.1) is 0 Å². The molecule has 0 saturated carbocycles. The minimum absolute atomic E-state index is 0.110. The molecule has 1 aliphatic heterocycles. The van der Waals surface area contributed by atoms with E-state index in [1.165, 1.54) is 16.9 Å². The van der Waals surface area contributed by atoms with Crippen molar-refractivity contribution < 1.29 is 24.5 Å². The van der Waals surface area contributed by atoms with Crippen LogP contribution in [0.25, 0.3) is 0 Å². The molecule has 1 rings (SSSR count). The lowest BCUT2D eigenvalue weighted by Crippen LogP contribution is -2.60. The highest BCUT2D eigenvalue weighted by Crippen LogP contribution is 2.29. The molecule has 0 aromatic carbocycles. The van der Waals surface area contributed by atoms with Crippen molar-refractivity contribution in [1.29, 1.82) is 0 Å². The van der Waals surface area contributed by atoms with Gasteiger partial charge in [0.1, 0.15) is 5.54 Å². The molecule has 1 saturated heterocycles. The number of urea groups is 1. The number of carbonyl (C=O) groups is 2. The third kappa shape index (κ3) is 3.61. The topological polar surface area (TPSA) is 90.3 Å². The number of piperidine rings is 1. The van der Waals surface area contributed by atoms with Gasteiger partial charge in [-0.2, -0.15) is 0 Å². The van der Waals surface area contributed by atoms with Crippen LogP contribution in [0, 0.1) is 0 Å². The van der Waals surface area contributed by atoms with Crippen LogP contribution in [0.5, 0.6) is 0 Å². The van der Waals surface area contributed by atoms with Gasteiger partial charge in [-0.1, -0.05) is 0 Å². The first-order valence-electron chi connectivity index (χ1n) is 6.76. The summed E-state index contributed by atoms with van der Waals surface area (Å²) in [6, 6.07) is -0.371. The maximum Gasteiger partial charge on any atom is 0.329 e. The number of nitrogens with zero attached hydrogens (tertiary/aromatic N) is 2. The Morgan fingerprint density at radius 3 is 2.65 bits per heavy atom. The number of carbonyl (C=O) groups excluding carboxylic acids is 1. The lowest BCUT2D eigenvalue weighted by Gasteiger charge is -2.43. The van der Waals surface area contributed by atoms with Crippen LogP contribution in [-0.4, -0.2) is 77.5 Å². The van der Waals surface area contributed by atoms with E-state index in [2.05, 4.69) is 0 Å². The number of aliphatic carboxylic acids is 1. The van der Waals surface area contributed by atoms with E-state index in [4.69, 9.17) is 4.74 Å². The minimum atomic E-state index is -1.17. The Labute approximate surface area is 119 Å². The Kier molecular flexibility index (Phi) is 5.76. The van der Waals surface area contributed by atoms with Gasteiger partial charge in [0.2, 0.25) is 0 Å². The summed E-state index contributed by atoms with van der Waals surface area (Å²) in [4.78, 5) is 26.6. The number of aliphatic hydroxyl groups is 1. The Morgan fingerprint density at radius 1 is 1.45 bits per heavy atom. The van der Waals surface area contributed by atoms with Gasteiger partial charge in [-0.05, 0) is 26.2 Å². The molecule has 2 amide bonds. The van der Waals surface area contributed by atoms with Crippen LogP contribution >= 0.6 is 0 Å². The summed E-state index contributed by atoms with van der Waals surface area (Å²) in [6.45, 7) is 2.24. The van der Waals surface area contributed by atoms with Crippen molar-refractivity contribution in [2.75, 3.05) is 33.9 Å². The van der Waals surface area contributed by atoms with Crippen molar-refractivity contribution in [1.82, 2.24) is 9.80 Å². The molecule has 0 spiro atoms. The van der Waals surface area contributed by atoms with Gasteiger partial charge in [0, 0.05) is 20.7 Å². The summed E-state index contributed by atoms with van der Waals surface area (Å²) in [5.41, 5.74) is -1.17. The molecule has 0 aromatic heterocycles. The van der Waals surface area contributed by atoms with Gasteiger partial charge in [-0.3, -0.25) is 0 Å². The van der Waals surface area contributed by atoms with Crippen molar-refractivity contribution in [3.05, 3.63) is 0 Å². The number of rotatable bonds is 5. The van der Waals surface area contributed by atoms with Crippen LogP contribution in [0.4, 0.5) is 4.79 Å². The highest BCUT2D eigenvalue weighted by atomic mass is 16.5. The number of aliphatic hydroxyl groups excluding tert-OH is 1. The summed E-state index contributed by atoms with van der Waals surface area (Å²) >= 11 is 0. The molecular formula is C13H24N2O5. The highest BCUT2D eigenvalue weighted by Gasteiger charge is 2.44. The molecule has 1 heterocycles. The number of likely N-dealkylation sites (tertiary alicyclic amines) is 1. The predicted octanol–water partition coefficient (Wildman–Crippen LogP) is 0.375. The average molecular weight is 288 g/mol. The molecule has 7 heteroatoms. The third-order valence-corrected chi connectivity index (χ3v) is 3.75. The molecule has 2 unspecified atom stereocenters. The van der Waals surface area contributed by atoms with Gasteiger partial charge in [0.05, 0.1) is 19.3 Å². The first-order valence-corrected chi connectivity index (χ1v) is 6.76. The monoisotopic (exact) mass is 288 g/mol. The molecule has 1 fully saturated rings. The lowest BCUT2D eigenvalue weighted by atomic mass is 9.89. The Balaban J connectivity index is 2.75. The largest absolute Gasteiger partial charge is 0.480 e. The van der Waals surface area contributed by atoms with Gasteiger partial charge in [0.15, 0.2) is 0 Å². The lowest BCUT2D eigenvalue weighted by molar-refractivity contribution is -0.150. The van der Waals surface area contributed by atoms with Crippen LogP contribution < -0.4 is 0 Å². The van der Waals surface area contributed by atoms with Crippen molar-refractivity contribution in [3.8, 4) is 0 Å². The van der Waals surface area contributed by atoms with E-state index in [-0.39, 0.29) is 19.2 Å². The van der Waals surface area contributed by atoms with Gasteiger partial charge >= 0.3 is 12.0 Å². The van der Waals surface area contributed by atoms with Crippen molar-refractivity contribution in [2.24, 2.45) is 0 Å². The second kappa shape index (κ2) is 6.90. The maximum absolute atomic E-state index is 12.4. The summed E-state index contributed by atoms with van der Waals surface area (Å²) in [5.74, 6) is -0.989. The zero-order chi connectivity index (χ0) is 15.3. The molecule has 0 aliphatic carbocycles. The first kappa shape index (κ1) is 16.7. The molecule has 2 N–H and O–H groups in total. The van der Waals surface area contributed by atoms with Crippen LogP contribution in [0.3, 0.4) is 0 Å². The van der Waals surface area contributed by atoms with Crippen molar-refractivity contribution in [2.45, 2.75) is 37.8 Å². The van der Waals surface area contributed by atoms with Gasteiger partial charge in [-0.25, -0.2) is 9.59 Å². The molecule has 0 aromatic rings. The fraction of sp³-hybridized carbons (Fsp3) is 0.846. The molecule has 116 valence electrons. The Hall–Kier alpha value is -1.34. The second-order valence-electron chi connectivity index (χ2n) is 5.46. The van der Waals surface area contributed by atoms with Crippen molar-refractivity contribution in [3.63, 3.8) is 0 Å². The number of hydrogen-bond donors (Lipinski definition) is 2. The van der Waals surface area contributed by atoms with Gasteiger partial charge in [0.25, 0.3) is 0 Å². The van der Waals surface area contributed by atoms with E-state index in [1.54, 1.807) is 14.0 Å². The fourth-order valence-electron chi connectivity index (χ4n) is 2.50. The summed E-state index contributed by atoms with van der Waals surface area (Å²) in [5, 5.41) is 19.0. The zero-order valence-corrected chi connectivity index (χ0v) is 12.3. The van der Waals surface area contributed by atoms with Crippen LogP contribution in [0.1, 0.15) is 26.2 Å². The number of amides is 2. The highest BCUT2D eigenvalue weighted by molar-refractivity contribution is 5.86. The second-order valence-corrected chi connectivity index (χ2v) is 5.46. The SMILES string of the molecule is COCC(O)CN(C)C(=O)N1CCCCC1(C)C(=O)O. The molecule has 1 aliphatic rings. The minimum Gasteiger partial charge on any atom is -0.480 e. The first-order chi connectivity index (χ1) is 9.32. The van der Waals surface area contributed by atoms with Crippen LogP contribution in [0.2, 0.25) is 0 Å². The van der Waals surface area contributed by atoms with Gasteiger partial charge < -0.3 is 24.7 Å². The number of likely N-dealkylation sites (N-methyl/N-ethyl adjacent to an activating group) is 1. The van der Waals surface area contributed by atoms with E-state index < -0.39 is 17.6 Å². The molecule has 0 radical (unpaired) electrons. The molecule has 20 heavy (non-hydrogen) atoms. The number of ether oxygens (including phenoxy) is 1. The van der Waals surface area contributed by atoms with E-state index in [0.29, 0.717) is 13.0 Å². The van der Waals surface area contributed by atoms with E-state index in [1.807, 2.05) is 0 Å². The normalized spacial score (nSPS) is 24.3. The standard InChI is InChI=1S/C13H24N2O5/c1-13(11(17)18)6-4-5-7-15(13)12(19)14(2)8-10(16)9-20-3/h10,16H,4-9H2,1-3H3,(H,17,18). The van der Waals surface area contributed by atoms with Crippen molar-refractivity contribution >= 4 is 12.0 Å². The van der Waals surface area contributed by atoms with Crippen LogP contribution in [-0.2, 0) is 9.53 Å². The zero-order valence-electron chi connectivity index (χ0n) is 12.3. The summed E-state index contributed by atoms with van der Waals surface area (Å²) < 4.78 is 4.81. The third-order valence-electron chi connectivity index (χ3n) is 3.75. The predicted molar refractivity (Wildman–Crippen MR) is 72.5 cm³/mol. The summed E-state index contributed by atoms with van der Waals surface area (Å²) in [7, 11) is 3.02. The van der Waals surface area contributed by atoms with E-state index in [0.717, 1.165) is 12.8 Å². The number of carboxylic acid groups (broad SMARTS) is 1.